The van der Waals surface area contributed by atoms with Gasteiger partial charge < -0.3 is 15.2 Å². The van der Waals surface area contributed by atoms with Gasteiger partial charge >= 0.3 is 0 Å². The van der Waals surface area contributed by atoms with Crippen molar-refractivity contribution >= 4 is 11.6 Å². The van der Waals surface area contributed by atoms with E-state index in [0.717, 1.165) is 11.3 Å². The monoisotopic (exact) mass is 328 g/mol. The van der Waals surface area contributed by atoms with Crippen LogP contribution in [0.4, 0.5) is 5.69 Å². The molecule has 0 saturated carbocycles. The molecule has 0 fully saturated rings. The Bertz CT molecular complexity index is 747. The number of hydrogen-bond donors (Lipinski definition) is 1. The zero-order valence-electron chi connectivity index (χ0n) is 14.6. The Morgan fingerprint density at radius 1 is 1.38 bits per heavy atom. The van der Waals surface area contributed by atoms with Gasteiger partial charge in [-0.15, -0.1) is 0 Å². The van der Waals surface area contributed by atoms with Crippen LogP contribution in [-0.2, 0) is 16.8 Å². The first-order valence-corrected chi connectivity index (χ1v) is 8.25. The van der Waals surface area contributed by atoms with Gasteiger partial charge in [0.1, 0.15) is 0 Å². The summed E-state index contributed by atoms with van der Waals surface area (Å²) in [6, 6.07) is 8.06. The topological polar surface area (TPSA) is 85.3 Å². The van der Waals surface area contributed by atoms with Gasteiger partial charge in [0.25, 0.3) is 0 Å². The highest BCUT2D eigenvalue weighted by atomic mass is 16.5. The van der Waals surface area contributed by atoms with Crippen molar-refractivity contribution in [3.05, 3.63) is 41.5 Å². The summed E-state index contributed by atoms with van der Waals surface area (Å²) in [7, 11) is 0. The summed E-state index contributed by atoms with van der Waals surface area (Å²) in [4.78, 5) is 18.5. The number of fused-ring (bicyclic) bond motifs is 1. The minimum atomic E-state index is -0.275. The SMILES string of the molecule is C[C@@H]1C[C@@H](C(N)=O)c2ccccc2N1Cc1noc(C(C)(C)C)n1. The normalized spacial score (nSPS) is 20.8. The third-order valence-corrected chi connectivity index (χ3v) is 4.50. The Morgan fingerprint density at radius 2 is 2.08 bits per heavy atom. The highest BCUT2D eigenvalue weighted by Crippen LogP contribution is 2.38. The van der Waals surface area contributed by atoms with Crippen LogP contribution < -0.4 is 10.6 Å². The Hall–Kier alpha value is -2.37. The summed E-state index contributed by atoms with van der Waals surface area (Å²) in [6.45, 7) is 8.77. The van der Waals surface area contributed by atoms with E-state index < -0.39 is 0 Å². The minimum absolute atomic E-state index is 0.161. The first kappa shape index (κ1) is 16.5. The Labute approximate surface area is 142 Å². The lowest BCUT2D eigenvalue weighted by molar-refractivity contribution is -0.119. The molecule has 6 nitrogen and oxygen atoms in total. The van der Waals surface area contributed by atoms with E-state index in [1.807, 2.05) is 45.0 Å². The van der Waals surface area contributed by atoms with Crippen LogP contribution in [0, 0.1) is 0 Å². The molecule has 3 rings (SSSR count). The van der Waals surface area contributed by atoms with Gasteiger partial charge in [-0.2, -0.15) is 4.98 Å². The molecule has 0 bridgehead atoms. The second kappa shape index (κ2) is 5.92. The number of nitrogens with two attached hydrogens (primary N) is 1. The summed E-state index contributed by atoms with van der Waals surface area (Å²) in [5, 5.41) is 4.12. The molecule has 2 heterocycles. The summed E-state index contributed by atoms with van der Waals surface area (Å²) >= 11 is 0. The van der Waals surface area contributed by atoms with Crippen LogP contribution in [0.3, 0.4) is 0 Å². The smallest absolute Gasteiger partial charge is 0.232 e. The van der Waals surface area contributed by atoms with Gasteiger partial charge in [-0.25, -0.2) is 0 Å². The number of anilines is 1. The molecule has 0 spiro atoms. The molecule has 1 amide bonds. The van der Waals surface area contributed by atoms with Gasteiger partial charge in [-0.1, -0.05) is 44.1 Å². The molecule has 1 aromatic heterocycles. The van der Waals surface area contributed by atoms with E-state index in [1.165, 1.54) is 0 Å². The fourth-order valence-corrected chi connectivity index (χ4v) is 3.16. The van der Waals surface area contributed by atoms with E-state index >= 15 is 0 Å². The van der Waals surface area contributed by atoms with Crippen molar-refractivity contribution in [2.24, 2.45) is 5.73 Å². The van der Waals surface area contributed by atoms with Crippen molar-refractivity contribution in [3.63, 3.8) is 0 Å². The number of rotatable bonds is 3. The summed E-state index contributed by atoms with van der Waals surface area (Å²) in [5.41, 5.74) is 7.41. The van der Waals surface area contributed by atoms with Crippen LogP contribution in [0.2, 0.25) is 0 Å². The highest BCUT2D eigenvalue weighted by Gasteiger charge is 2.33. The second-order valence-electron chi connectivity index (χ2n) is 7.49. The van der Waals surface area contributed by atoms with Crippen LogP contribution in [0.15, 0.2) is 28.8 Å². The Balaban J connectivity index is 1.92. The molecule has 2 N–H and O–H groups in total. The van der Waals surface area contributed by atoms with E-state index in [4.69, 9.17) is 10.3 Å². The molecule has 1 aliphatic heterocycles. The van der Waals surface area contributed by atoms with E-state index in [9.17, 15) is 4.79 Å². The Morgan fingerprint density at radius 3 is 2.71 bits per heavy atom. The maximum Gasteiger partial charge on any atom is 0.232 e. The molecule has 128 valence electrons. The van der Waals surface area contributed by atoms with Gasteiger partial charge in [0.05, 0.1) is 12.5 Å². The van der Waals surface area contributed by atoms with Crippen LogP contribution >= 0.6 is 0 Å². The molecule has 2 atom stereocenters. The number of carbonyl (C=O) groups excluding carboxylic acids is 1. The van der Waals surface area contributed by atoms with Crippen molar-refractivity contribution in [3.8, 4) is 0 Å². The van der Waals surface area contributed by atoms with Crippen molar-refractivity contribution in [2.45, 2.75) is 58.0 Å². The Kier molecular flexibility index (Phi) is 4.07. The highest BCUT2D eigenvalue weighted by molar-refractivity contribution is 5.85. The maximum atomic E-state index is 11.8. The zero-order valence-corrected chi connectivity index (χ0v) is 14.6. The molecular weight excluding hydrogens is 304 g/mol. The van der Waals surface area contributed by atoms with Crippen molar-refractivity contribution in [2.75, 3.05) is 4.90 Å². The number of hydrogen-bond acceptors (Lipinski definition) is 5. The third-order valence-electron chi connectivity index (χ3n) is 4.50. The number of aromatic nitrogens is 2. The molecule has 0 unspecified atom stereocenters. The molecular formula is C18H24N4O2. The summed E-state index contributed by atoms with van der Waals surface area (Å²) in [6.07, 6.45) is 0.691. The van der Waals surface area contributed by atoms with Crippen LogP contribution in [0.1, 0.15) is 57.3 Å². The van der Waals surface area contributed by atoms with Gasteiger partial charge in [0.15, 0.2) is 5.82 Å². The fraction of sp³-hybridized carbons (Fsp3) is 0.500. The predicted octanol–water partition coefficient (Wildman–Crippen LogP) is 2.73. The second-order valence-corrected chi connectivity index (χ2v) is 7.49. The van der Waals surface area contributed by atoms with Gasteiger partial charge in [0, 0.05) is 17.1 Å². The molecule has 0 aliphatic carbocycles. The number of benzene rings is 1. The van der Waals surface area contributed by atoms with Gasteiger partial charge in [-0.05, 0) is 25.0 Å². The quantitative estimate of drug-likeness (QED) is 0.936. The lowest BCUT2D eigenvalue weighted by atomic mass is 9.85. The summed E-state index contributed by atoms with van der Waals surface area (Å²) in [5.74, 6) is 0.760. The average Bonchev–Trinajstić information content (AvgIpc) is 2.98. The van der Waals surface area contributed by atoms with E-state index in [0.29, 0.717) is 24.7 Å². The first-order valence-electron chi connectivity index (χ1n) is 8.25. The largest absolute Gasteiger partial charge is 0.369 e. The number of amides is 1. The van der Waals surface area contributed by atoms with Crippen molar-refractivity contribution in [1.29, 1.82) is 0 Å². The number of para-hydroxylation sites is 1. The molecule has 0 radical (unpaired) electrons. The zero-order chi connectivity index (χ0) is 17.5. The maximum absolute atomic E-state index is 11.8. The van der Waals surface area contributed by atoms with Gasteiger partial charge in [-0.3, -0.25) is 4.79 Å². The number of nitrogens with zero attached hydrogens (tertiary/aromatic N) is 3. The predicted molar refractivity (Wildman–Crippen MR) is 91.6 cm³/mol. The molecule has 1 aliphatic rings. The molecule has 2 aromatic rings. The molecule has 24 heavy (non-hydrogen) atoms. The van der Waals surface area contributed by atoms with E-state index in [-0.39, 0.29) is 23.3 Å². The lowest BCUT2D eigenvalue weighted by Crippen LogP contribution is -2.41. The molecule has 1 aromatic carbocycles. The fourth-order valence-electron chi connectivity index (χ4n) is 3.16. The third kappa shape index (κ3) is 3.00. The van der Waals surface area contributed by atoms with Crippen LogP contribution in [0.5, 0.6) is 0 Å². The van der Waals surface area contributed by atoms with E-state index in [2.05, 4.69) is 22.0 Å². The first-order chi connectivity index (χ1) is 11.3. The van der Waals surface area contributed by atoms with Crippen LogP contribution in [-0.4, -0.2) is 22.1 Å². The van der Waals surface area contributed by atoms with Crippen LogP contribution in [0.25, 0.3) is 0 Å². The number of primary amides is 1. The van der Waals surface area contributed by atoms with Crippen molar-refractivity contribution < 1.29 is 9.32 Å². The van der Waals surface area contributed by atoms with Gasteiger partial charge in [0.2, 0.25) is 11.8 Å². The van der Waals surface area contributed by atoms with Crippen molar-refractivity contribution in [1.82, 2.24) is 10.1 Å². The van der Waals surface area contributed by atoms with E-state index in [1.54, 1.807) is 0 Å². The summed E-state index contributed by atoms with van der Waals surface area (Å²) < 4.78 is 5.39. The minimum Gasteiger partial charge on any atom is -0.369 e. The molecule has 6 heteroatoms. The molecule has 0 saturated heterocycles. The lowest BCUT2D eigenvalue weighted by Gasteiger charge is -2.39. The number of carbonyl (C=O) groups is 1. The average molecular weight is 328 g/mol. The standard InChI is InChI=1S/C18H24N4O2/c1-11-9-13(16(19)23)12-7-5-6-8-14(12)22(11)10-15-20-17(24-21-15)18(2,3)4/h5-8,11,13H,9-10H2,1-4H3,(H2,19,23)/t11-,13-/m1/s1.